The summed E-state index contributed by atoms with van der Waals surface area (Å²) >= 11 is 0. The first-order valence-corrected chi connectivity index (χ1v) is 6.12. The van der Waals surface area contributed by atoms with Gasteiger partial charge in [0.15, 0.2) is 0 Å². The molecule has 0 saturated carbocycles. The topological polar surface area (TPSA) is 32.7 Å². The molecule has 1 unspecified atom stereocenters. The number of hydrogen-bond acceptors (Lipinski definition) is 2. The van der Waals surface area contributed by atoms with Crippen molar-refractivity contribution in [2.24, 2.45) is 10.9 Å². The van der Waals surface area contributed by atoms with Crippen LogP contribution in [0.15, 0.2) is 16.8 Å². The number of amides is 1. The minimum Gasteiger partial charge on any atom is -0.337 e. The van der Waals surface area contributed by atoms with Crippen LogP contribution in [0.1, 0.15) is 40.0 Å². The third-order valence-corrected chi connectivity index (χ3v) is 2.97. The molecule has 0 spiro atoms. The predicted octanol–water partition coefficient (Wildman–Crippen LogP) is 2.63. The molecule has 1 aliphatic rings. The molecule has 0 aromatic carbocycles. The molecule has 0 aromatic heterocycles. The molecule has 1 aliphatic heterocycles. The van der Waals surface area contributed by atoms with E-state index in [2.05, 4.69) is 11.9 Å². The van der Waals surface area contributed by atoms with Gasteiger partial charge in [-0.15, -0.1) is 0 Å². The number of rotatable bonds is 5. The highest BCUT2D eigenvalue weighted by atomic mass is 16.2. The Hall–Kier alpha value is -1.12. The van der Waals surface area contributed by atoms with Crippen LogP contribution in [0, 0.1) is 5.92 Å². The molecule has 1 rings (SSSR count). The van der Waals surface area contributed by atoms with Crippen LogP contribution in [0.5, 0.6) is 0 Å². The molecule has 0 bridgehead atoms. The second kappa shape index (κ2) is 6.46. The summed E-state index contributed by atoms with van der Waals surface area (Å²) in [5, 5.41) is 0. The van der Waals surface area contributed by atoms with Gasteiger partial charge in [0.2, 0.25) is 5.91 Å². The van der Waals surface area contributed by atoms with E-state index in [1.165, 1.54) is 0 Å². The molecule has 0 aromatic rings. The van der Waals surface area contributed by atoms with Gasteiger partial charge in [-0.25, -0.2) is 0 Å². The maximum Gasteiger partial charge on any atom is 0.223 e. The van der Waals surface area contributed by atoms with Crippen molar-refractivity contribution in [3.63, 3.8) is 0 Å². The Morgan fingerprint density at radius 2 is 2.31 bits per heavy atom. The van der Waals surface area contributed by atoms with Crippen LogP contribution < -0.4 is 0 Å². The maximum absolute atomic E-state index is 11.8. The molecule has 0 N–H and O–H groups in total. The quantitative estimate of drug-likeness (QED) is 0.658. The Bertz CT molecular complexity index is 294. The van der Waals surface area contributed by atoms with Crippen molar-refractivity contribution in [1.29, 1.82) is 0 Å². The molecule has 3 nitrogen and oxygen atoms in total. The van der Waals surface area contributed by atoms with Crippen molar-refractivity contribution in [2.45, 2.75) is 40.0 Å². The van der Waals surface area contributed by atoms with Gasteiger partial charge in [-0.2, -0.15) is 0 Å². The predicted molar refractivity (Wildman–Crippen MR) is 67.5 cm³/mol. The number of likely N-dealkylation sites (tertiary alicyclic amines) is 1. The second-order valence-electron chi connectivity index (χ2n) is 4.30. The summed E-state index contributed by atoms with van der Waals surface area (Å²) in [4.78, 5) is 17.9. The largest absolute Gasteiger partial charge is 0.337 e. The second-order valence-corrected chi connectivity index (χ2v) is 4.30. The summed E-state index contributed by atoms with van der Waals surface area (Å²) in [6.45, 7) is 7.61. The van der Waals surface area contributed by atoms with E-state index >= 15 is 0 Å². The van der Waals surface area contributed by atoms with Gasteiger partial charge in [0, 0.05) is 19.2 Å². The molecule has 1 heterocycles. The lowest BCUT2D eigenvalue weighted by Crippen LogP contribution is -2.27. The van der Waals surface area contributed by atoms with Crippen molar-refractivity contribution in [3.8, 4) is 0 Å². The van der Waals surface area contributed by atoms with Crippen LogP contribution in [-0.2, 0) is 4.79 Å². The van der Waals surface area contributed by atoms with E-state index in [-0.39, 0.29) is 5.91 Å². The first kappa shape index (κ1) is 12.9. The Morgan fingerprint density at radius 1 is 1.56 bits per heavy atom. The number of nitrogens with zero attached hydrogens (tertiary/aromatic N) is 2. The fraction of sp³-hybridized carbons (Fsp3) is 0.692. The smallest absolute Gasteiger partial charge is 0.223 e. The van der Waals surface area contributed by atoms with Crippen LogP contribution in [0.4, 0.5) is 0 Å². The number of carbonyl (C=O) groups is 1. The number of aliphatic imine (C=N–C) groups is 1. The zero-order valence-corrected chi connectivity index (χ0v) is 10.6. The average molecular weight is 222 g/mol. The molecular weight excluding hydrogens is 200 g/mol. The molecule has 1 atom stereocenters. The van der Waals surface area contributed by atoms with E-state index in [1.807, 2.05) is 24.8 Å². The van der Waals surface area contributed by atoms with Crippen LogP contribution in [0.2, 0.25) is 0 Å². The number of allylic oxidation sites excluding steroid dienone is 1. The Kier molecular flexibility index (Phi) is 5.23. The van der Waals surface area contributed by atoms with Gasteiger partial charge in [-0.1, -0.05) is 19.4 Å². The molecule has 1 fully saturated rings. The molecule has 3 heteroatoms. The molecule has 0 radical (unpaired) electrons. The minimum atomic E-state index is 0.282. The van der Waals surface area contributed by atoms with Gasteiger partial charge >= 0.3 is 0 Å². The van der Waals surface area contributed by atoms with Crippen LogP contribution >= 0.6 is 0 Å². The van der Waals surface area contributed by atoms with E-state index in [4.69, 9.17) is 0 Å². The van der Waals surface area contributed by atoms with E-state index in [1.54, 1.807) is 6.21 Å². The summed E-state index contributed by atoms with van der Waals surface area (Å²) in [6.07, 6.45) is 6.79. The third-order valence-electron chi connectivity index (χ3n) is 2.97. The molecule has 1 saturated heterocycles. The van der Waals surface area contributed by atoms with Gasteiger partial charge in [-0.05, 0) is 26.2 Å². The summed E-state index contributed by atoms with van der Waals surface area (Å²) in [6, 6.07) is 0. The lowest BCUT2D eigenvalue weighted by molar-refractivity contribution is -0.127. The molecular formula is C13H22N2O. The molecule has 16 heavy (non-hydrogen) atoms. The van der Waals surface area contributed by atoms with E-state index < -0.39 is 0 Å². The summed E-state index contributed by atoms with van der Waals surface area (Å²) < 4.78 is 0. The summed E-state index contributed by atoms with van der Waals surface area (Å²) in [5.74, 6) is 0.838. The lowest BCUT2D eigenvalue weighted by atomic mass is 10.0. The standard InChI is InChI=1S/C13H22N2O/c1-4-7-11-8-13(16)15(9-11)10-12(5-2)14-6-3/h5-6,11H,4,7-10H2,1-3H3/b12-5-,14-6-. The highest BCUT2D eigenvalue weighted by molar-refractivity contribution is 5.79. The van der Waals surface area contributed by atoms with Gasteiger partial charge < -0.3 is 4.90 Å². The summed E-state index contributed by atoms with van der Waals surface area (Å²) in [5.41, 5.74) is 0.980. The van der Waals surface area contributed by atoms with Gasteiger partial charge in [0.25, 0.3) is 0 Å². The third kappa shape index (κ3) is 3.47. The number of hydrogen-bond donors (Lipinski definition) is 0. The fourth-order valence-corrected chi connectivity index (χ4v) is 2.18. The fourth-order valence-electron chi connectivity index (χ4n) is 2.18. The molecule has 90 valence electrons. The average Bonchev–Trinajstić information content (AvgIpc) is 2.59. The van der Waals surface area contributed by atoms with E-state index in [0.29, 0.717) is 12.5 Å². The SMILES string of the molecule is C/C=N\C(=C/C)CN1CC(CCC)CC1=O. The van der Waals surface area contributed by atoms with Gasteiger partial charge in [0.05, 0.1) is 12.2 Å². The lowest BCUT2D eigenvalue weighted by Gasteiger charge is -2.16. The molecule has 1 amide bonds. The van der Waals surface area contributed by atoms with Crippen molar-refractivity contribution in [1.82, 2.24) is 4.90 Å². The Morgan fingerprint density at radius 3 is 2.88 bits per heavy atom. The Labute approximate surface area is 98.2 Å². The van der Waals surface area contributed by atoms with E-state index in [0.717, 1.165) is 31.5 Å². The highest BCUT2D eigenvalue weighted by Gasteiger charge is 2.28. The van der Waals surface area contributed by atoms with Gasteiger partial charge in [-0.3, -0.25) is 9.79 Å². The van der Waals surface area contributed by atoms with Crippen molar-refractivity contribution >= 4 is 12.1 Å². The zero-order valence-electron chi connectivity index (χ0n) is 10.6. The number of carbonyl (C=O) groups excluding carboxylic acids is 1. The van der Waals surface area contributed by atoms with Gasteiger partial charge in [0.1, 0.15) is 0 Å². The monoisotopic (exact) mass is 222 g/mol. The normalized spacial score (nSPS) is 22.4. The molecule has 0 aliphatic carbocycles. The highest BCUT2D eigenvalue weighted by Crippen LogP contribution is 2.22. The summed E-state index contributed by atoms with van der Waals surface area (Å²) in [7, 11) is 0. The minimum absolute atomic E-state index is 0.282. The van der Waals surface area contributed by atoms with Crippen LogP contribution in [0.25, 0.3) is 0 Å². The van der Waals surface area contributed by atoms with Crippen LogP contribution in [-0.4, -0.2) is 30.1 Å². The van der Waals surface area contributed by atoms with Crippen LogP contribution in [0.3, 0.4) is 0 Å². The maximum atomic E-state index is 11.8. The zero-order chi connectivity index (χ0) is 12.0. The van der Waals surface area contributed by atoms with E-state index in [9.17, 15) is 4.79 Å². The van der Waals surface area contributed by atoms with Crippen molar-refractivity contribution < 1.29 is 4.79 Å². The first-order valence-electron chi connectivity index (χ1n) is 6.12. The van der Waals surface area contributed by atoms with Crippen molar-refractivity contribution in [2.75, 3.05) is 13.1 Å². The Balaban J connectivity index is 2.52. The van der Waals surface area contributed by atoms with Crippen molar-refractivity contribution in [3.05, 3.63) is 11.8 Å². The first-order chi connectivity index (χ1) is 7.71.